The van der Waals surface area contributed by atoms with E-state index in [-0.39, 0.29) is 23.0 Å². The lowest BCUT2D eigenvalue weighted by Crippen LogP contribution is -2.14. The predicted octanol–water partition coefficient (Wildman–Crippen LogP) is 6.28. The highest BCUT2D eigenvalue weighted by Crippen LogP contribution is 2.40. The average molecular weight is 530 g/mol. The highest BCUT2D eigenvalue weighted by atomic mass is 32.2. The van der Waals surface area contributed by atoms with Crippen LogP contribution in [0.4, 0.5) is 0 Å². The van der Waals surface area contributed by atoms with E-state index < -0.39 is 11.9 Å². The number of aliphatic imine (C=N–C) groups is 1. The summed E-state index contributed by atoms with van der Waals surface area (Å²) >= 11 is 1.02. The average Bonchev–Trinajstić information content (AvgIpc) is 3.23. The quantitative estimate of drug-likeness (QED) is 0.343. The molecule has 1 aliphatic heterocycles. The SMILES string of the molecule is CCOC(=O)C1=C(O)/C(=C/c2ccc(OCc3ccc(C)cc3)c(OC)c2)SC1=NC(=O)c1ccccc1. The maximum atomic E-state index is 12.7. The zero-order chi connectivity index (χ0) is 27.1. The predicted molar refractivity (Wildman–Crippen MR) is 149 cm³/mol. The van der Waals surface area contributed by atoms with Gasteiger partial charge in [-0.05, 0) is 55.3 Å². The van der Waals surface area contributed by atoms with Crippen molar-refractivity contribution < 1.29 is 28.9 Å². The molecule has 0 spiro atoms. The minimum absolute atomic E-state index is 0.0751. The molecule has 0 atom stereocenters. The van der Waals surface area contributed by atoms with Gasteiger partial charge in [0, 0.05) is 5.56 Å². The Morgan fingerprint density at radius 2 is 1.74 bits per heavy atom. The van der Waals surface area contributed by atoms with Crippen LogP contribution in [0.15, 0.2) is 94.0 Å². The van der Waals surface area contributed by atoms with Crippen LogP contribution in [-0.4, -0.2) is 35.7 Å². The second-order valence-electron chi connectivity index (χ2n) is 8.33. The van der Waals surface area contributed by atoms with Crippen molar-refractivity contribution in [3.63, 3.8) is 0 Å². The molecule has 0 fully saturated rings. The zero-order valence-corrected chi connectivity index (χ0v) is 22.1. The van der Waals surface area contributed by atoms with Gasteiger partial charge >= 0.3 is 5.97 Å². The Kier molecular flexibility index (Phi) is 8.66. The van der Waals surface area contributed by atoms with Crippen molar-refractivity contribution >= 4 is 34.8 Å². The summed E-state index contributed by atoms with van der Waals surface area (Å²) in [6.07, 6.45) is 1.68. The second kappa shape index (κ2) is 12.3. The van der Waals surface area contributed by atoms with E-state index in [2.05, 4.69) is 4.99 Å². The molecule has 1 N–H and O–H groups in total. The number of nitrogens with zero attached hydrogens (tertiary/aromatic N) is 1. The minimum Gasteiger partial charge on any atom is -0.506 e. The maximum absolute atomic E-state index is 12.7. The molecule has 38 heavy (non-hydrogen) atoms. The van der Waals surface area contributed by atoms with Crippen molar-refractivity contribution in [1.29, 1.82) is 0 Å². The van der Waals surface area contributed by atoms with E-state index in [1.807, 2.05) is 37.3 Å². The largest absolute Gasteiger partial charge is 0.506 e. The van der Waals surface area contributed by atoms with E-state index in [0.717, 1.165) is 17.3 Å². The first-order valence-corrected chi connectivity index (χ1v) is 12.8. The Labute approximate surface area is 225 Å². The monoisotopic (exact) mass is 529 g/mol. The van der Waals surface area contributed by atoms with E-state index in [9.17, 15) is 14.7 Å². The fourth-order valence-corrected chi connectivity index (χ4v) is 4.63. The van der Waals surface area contributed by atoms with E-state index in [1.165, 1.54) is 5.56 Å². The Morgan fingerprint density at radius 1 is 1.00 bits per heavy atom. The number of hydrogen-bond acceptors (Lipinski definition) is 7. The minimum atomic E-state index is -0.752. The molecule has 0 saturated heterocycles. The first-order chi connectivity index (χ1) is 18.4. The molecule has 0 aromatic heterocycles. The van der Waals surface area contributed by atoms with E-state index in [0.29, 0.717) is 34.1 Å². The molecule has 0 aliphatic carbocycles. The standard InChI is InChI=1S/C30H27NO6S/c1-4-36-30(34)26-27(32)25(38-29(26)31-28(33)22-8-6-5-7-9-22)17-21-14-15-23(24(16-21)35-3)37-18-20-12-10-19(2)11-13-20/h5-17,32H,4,18H2,1-3H3/b25-17-,31-29?. The molecule has 0 unspecified atom stereocenters. The Morgan fingerprint density at radius 3 is 2.42 bits per heavy atom. The molecule has 7 nitrogen and oxygen atoms in total. The summed E-state index contributed by atoms with van der Waals surface area (Å²) in [4.78, 5) is 29.8. The normalized spacial score (nSPS) is 15.1. The fourth-order valence-electron chi connectivity index (χ4n) is 3.62. The third-order valence-electron chi connectivity index (χ3n) is 5.59. The Hall–Kier alpha value is -4.30. The van der Waals surface area contributed by atoms with Crippen LogP contribution >= 0.6 is 11.8 Å². The highest BCUT2D eigenvalue weighted by molar-refractivity contribution is 8.18. The van der Waals surface area contributed by atoms with Gasteiger partial charge in [0.25, 0.3) is 5.91 Å². The Bertz CT molecular complexity index is 1420. The summed E-state index contributed by atoms with van der Waals surface area (Å²) in [5.41, 5.74) is 3.13. The maximum Gasteiger partial charge on any atom is 0.344 e. The smallest absolute Gasteiger partial charge is 0.344 e. The topological polar surface area (TPSA) is 94.4 Å². The summed E-state index contributed by atoms with van der Waals surface area (Å²) in [5, 5.41) is 11.0. The molecule has 1 amide bonds. The van der Waals surface area contributed by atoms with Crippen molar-refractivity contribution in [3.8, 4) is 11.5 Å². The number of aryl methyl sites for hydroxylation is 1. The van der Waals surface area contributed by atoms with Crippen molar-refractivity contribution in [3.05, 3.63) is 111 Å². The summed E-state index contributed by atoms with van der Waals surface area (Å²) < 4.78 is 16.6. The van der Waals surface area contributed by atoms with Crippen molar-refractivity contribution in [2.75, 3.05) is 13.7 Å². The molecular weight excluding hydrogens is 502 g/mol. The first-order valence-electron chi connectivity index (χ1n) is 11.9. The lowest BCUT2D eigenvalue weighted by Gasteiger charge is -2.12. The summed E-state index contributed by atoms with van der Waals surface area (Å²) in [6, 6.07) is 21.9. The number of thioether (sulfide) groups is 1. The number of ether oxygens (including phenoxy) is 3. The van der Waals surface area contributed by atoms with Crippen LogP contribution in [0.1, 0.15) is 34.0 Å². The first kappa shape index (κ1) is 26.8. The third-order valence-corrected chi connectivity index (χ3v) is 6.61. The molecule has 3 aromatic rings. The summed E-state index contributed by atoms with van der Waals surface area (Å²) in [7, 11) is 1.55. The molecule has 0 radical (unpaired) electrons. The van der Waals surface area contributed by atoms with Gasteiger partial charge in [0.15, 0.2) is 11.5 Å². The van der Waals surface area contributed by atoms with Gasteiger partial charge in [-0.25, -0.2) is 9.79 Å². The zero-order valence-electron chi connectivity index (χ0n) is 21.3. The lowest BCUT2D eigenvalue weighted by atomic mass is 10.1. The van der Waals surface area contributed by atoms with Crippen LogP contribution in [0.3, 0.4) is 0 Å². The fraction of sp³-hybridized carbons (Fsp3) is 0.167. The number of carbonyl (C=O) groups is 2. The number of esters is 1. The number of aliphatic hydroxyl groups is 1. The van der Waals surface area contributed by atoms with E-state index in [1.54, 1.807) is 62.6 Å². The number of methoxy groups -OCH3 is 1. The van der Waals surface area contributed by atoms with Gasteiger partial charge in [-0.15, -0.1) is 0 Å². The number of carbonyl (C=O) groups excluding carboxylic acids is 2. The van der Waals surface area contributed by atoms with Crippen molar-refractivity contribution in [1.82, 2.24) is 0 Å². The van der Waals surface area contributed by atoms with Crippen LogP contribution < -0.4 is 9.47 Å². The van der Waals surface area contributed by atoms with Crippen LogP contribution in [-0.2, 0) is 16.1 Å². The van der Waals surface area contributed by atoms with Crippen LogP contribution in [0.2, 0.25) is 0 Å². The lowest BCUT2D eigenvalue weighted by molar-refractivity contribution is -0.138. The van der Waals surface area contributed by atoms with E-state index >= 15 is 0 Å². The number of aliphatic hydroxyl groups excluding tert-OH is 1. The summed E-state index contributed by atoms with van der Waals surface area (Å²) in [6.45, 7) is 4.19. The third kappa shape index (κ3) is 6.33. The number of amides is 1. The molecule has 8 heteroatoms. The van der Waals surface area contributed by atoms with Gasteiger partial charge in [0.2, 0.25) is 0 Å². The van der Waals surface area contributed by atoms with Gasteiger partial charge in [0.05, 0.1) is 18.6 Å². The molecular formula is C30H27NO6S. The molecule has 3 aromatic carbocycles. The van der Waals surface area contributed by atoms with Crippen LogP contribution in [0.25, 0.3) is 6.08 Å². The van der Waals surface area contributed by atoms with Crippen LogP contribution in [0, 0.1) is 6.92 Å². The van der Waals surface area contributed by atoms with Gasteiger partial charge in [-0.3, -0.25) is 4.79 Å². The Balaban J connectivity index is 1.61. The van der Waals surface area contributed by atoms with Gasteiger partial charge < -0.3 is 19.3 Å². The van der Waals surface area contributed by atoms with Crippen molar-refractivity contribution in [2.45, 2.75) is 20.5 Å². The molecule has 1 aliphatic rings. The molecule has 0 bridgehead atoms. The molecule has 4 rings (SSSR count). The van der Waals surface area contributed by atoms with E-state index in [4.69, 9.17) is 14.2 Å². The van der Waals surface area contributed by atoms with Gasteiger partial charge in [-0.1, -0.05) is 65.9 Å². The van der Waals surface area contributed by atoms with Crippen LogP contribution in [0.5, 0.6) is 11.5 Å². The number of benzene rings is 3. The molecule has 194 valence electrons. The number of hydrogen-bond donors (Lipinski definition) is 1. The van der Waals surface area contributed by atoms with Gasteiger partial charge in [-0.2, -0.15) is 0 Å². The van der Waals surface area contributed by atoms with Gasteiger partial charge in [0.1, 0.15) is 23.0 Å². The number of rotatable bonds is 8. The second-order valence-corrected chi connectivity index (χ2v) is 9.36. The highest BCUT2D eigenvalue weighted by Gasteiger charge is 2.34. The summed E-state index contributed by atoms with van der Waals surface area (Å²) in [5.74, 6) is -0.501. The molecule has 0 saturated carbocycles. The molecule has 1 heterocycles. The van der Waals surface area contributed by atoms with Crippen molar-refractivity contribution in [2.24, 2.45) is 4.99 Å².